The van der Waals surface area contributed by atoms with Gasteiger partial charge in [0.2, 0.25) is 0 Å². The maximum atomic E-state index is 3.53. The molecule has 0 unspecified atom stereocenters. The van der Waals surface area contributed by atoms with Gasteiger partial charge < -0.3 is 5.32 Å². The quantitative estimate of drug-likeness (QED) is 0.735. The molecule has 0 atom stereocenters. The second kappa shape index (κ2) is 6.41. The molecule has 1 aromatic rings. The van der Waals surface area contributed by atoms with Gasteiger partial charge in [0.05, 0.1) is 0 Å². The number of hydrogen-bond acceptors (Lipinski definition) is 2. The highest BCUT2D eigenvalue weighted by atomic mass is 32.1. The van der Waals surface area contributed by atoms with Gasteiger partial charge in [0.1, 0.15) is 0 Å². The summed E-state index contributed by atoms with van der Waals surface area (Å²) < 4.78 is 0. The first-order valence-corrected chi connectivity index (χ1v) is 7.15. The van der Waals surface area contributed by atoms with Crippen LogP contribution in [0.4, 0.5) is 0 Å². The molecular formula is C14H25NS. The molecule has 0 saturated carbocycles. The van der Waals surface area contributed by atoms with Gasteiger partial charge in [0, 0.05) is 10.4 Å². The standard InChI is InChI=1S/C14H25NS/c1-12-9-11-16-13(12)8-6-5-7-10-15-14(2,3)4/h9,11,15H,5-8,10H2,1-4H3. The van der Waals surface area contributed by atoms with E-state index in [2.05, 4.69) is 44.5 Å². The van der Waals surface area contributed by atoms with Crippen LogP contribution in [0.3, 0.4) is 0 Å². The Morgan fingerprint density at radius 3 is 2.50 bits per heavy atom. The largest absolute Gasteiger partial charge is 0.312 e. The van der Waals surface area contributed by atoms with E-state index in [4.69, 9.17) is 0 Å². The Bertz CT molecular complexity index is 296. The van der Waals surface area contributed by atoms with Crippen molar-refractivity contribution in [3.8, 4) is 0 Å². The molecule has 0 bridgehead atoms. The fourth-order valence-electron chi connectivity index (χ4n) is 1.71. The Balaban J connectivity index is 2.03. The van der Waals surface area contributed by atoms with Crippen LogP contribution in [0.2, 0.25) is 0 Å². The second-order valence-corrected chi connectivity index (χ2v) is 6.51. The maximum absolute atomic E-state index is 3.53. The Labute approximate surface area is 104 Å². The third-order valence-corrected chi connectivity index (χ3v) is 3.79. The van der Waals surface area contributed by atoms with Crippen molar-refractivity contribution in [3.05, 3.63) is 21.9 Å². The zero-order chi connectivity index (χ0) is 12.0. The summed E-state index contributed by atoms with van der Waals surface area (Å²) in [6.07, 6.45) is 5.22. The summed E-state index contributed by atoms with van der Waals surface area (Å²) >= 11 is 1.90. The second-order valence-electron chi connectivity index (χ2n) is 5.51. The van der Waals surface area contributed by atoms with Crippen LogP contribution in [0, 0.1) is 6.92 Å². The van der Waals surface area contributed by atoms with Crippen LogP contribution < -0.4 is 5.32 Å². The Morgan fingerprint density at radius 2 is 1.94 bits per heavy atom. The molecular weight excluding hydrogens is 214 g/mol. The van der Waals surface area contributed by atoms with E-state index in [0.29, 0.717) is 0 Å². The molecule has 16 heavy (non-hydrogen) atoms. The molecule has 0 aliphatic carbocycles. The molecule has 0 fully saturated rings. The fourth-order valence-corrected chi connectivity index (χ4v) is 2.66. The van der Waals surface area contributed by atoms with Gasteiger partial charge in [-0.25, -0.2) is 0 Å². The van der Waals surface area contributed by atoms with Gasteiger partial charge in [0.15, 0.2) is 0 Å². The zero-order valence-electron chi connectivity index (χ0n) is 11.1. The smallest absolute Gasteiger partial charge is 0.00965 e. The first-order valence-electron chi connectivity index (χ1n) is 6.27. The SMILES string of the molecule is Cc1ccsc1CCCCCNC(C)(C)C. The monoisotopic (exact) mass is 239 g/mol. The molecule has 0 aliphatic rings. The van der Waals surface area contributed by atoms with Crippen molar-refractivity contribution in [1.29, 1.82) is 0 Å². The minimum absolute atomic E-state index is 0.268. The van der Waals surface area contributed by atoms with Crippen LogP contribution in [0.15, 0.2) is 11.4 Å². The van der Waals surface area contributed by atoms with Crippen molar-refractivity contribution in [2.45, 2.75) is 58.9 Å². The topological polar surface area (TPSA) is 12.0 Å². The van der Waals surface area contributed by atoms with E-state index >= 15 is 0 Å². The summed E-state index contributed by atoms with van der Waals surface area (Å²) in [5.41, 5.74) is 1.74. The summed E-state index contributed by atoms with van der Waals surface area (Å²) in [6.45, 7) is 10.0. The van der Waals surface area contributed by atoms with E-state index in [1.807, 2.05) is 11.3 Å². The first-order chi connectivity index (χ1) is 7.49. The highest BCUT2D eigenvalue weighted by Gasteiger charge is 2.07. The maximum Gasteiger partial charge on any atom is 0.00965 e. The molecule has 1 N–H and O–H groups in total. The van der Waals surface area contributed by atoms with Gasteiger partial charge in [0.25, 0.3) is 0 Å². The normalized spacial score (nSPS) is 12.0. The highest BCUT2D eigenvalue weighted by Crippen LogP contribution is 2.18. The number of unbranched alkanes of at least 4 members (excludes halogenated alkanes) is 2. The van der Waals surface area contributed by atoms with Crippen molar-refractivity contribution in [1.82, 2.24) is 5.32 Å². The van der Waals surface area contributed by atoms with Crippen LogP contribution in [0.25, 0.3) is 0 Å². The Hall–Kier alpha value is -0.340. The molecule has 92 valence electrons. The van der Waals surface area contributed by atoms with Gasteiger partial charge in [-0.15, -0.1) is 11.3 Å². The average molecular weight is 239 g/mol. The number of rotatable bonds is 6. The van der Waals surface area contributed by atoms with E-state index in [1.54, 1.807) is 4.88 Å². The third-order valence-electron chi connectivity index (χ3n) is 2.70. The lowest BCUT2D eigenvalue weighted by Gasteiger charge is -2.20. The molecule has 0 saturated heterocycles. The predicted molar refractivity (Wildman–Crippen MR) is 74.4 cm³/mol. The van der Waals surface area contributed by atoms with Crippen molar-refractivity contribution in [2.24, 2.45) is 0 Å². The third kappa shape index (κ3) is 5.66. The van der Waals surface area contributed by atoms with Crippen molar-refractivity contribution in [3.63, 3.8) is 0 Å². The molecule has 0 aromatic carbocycles. The van der Waals surface area contributed by atoms with Crippen molar-refractivity contribution < 1.29 is 0 Å². The summed E-state index contributed by atoms with van der Waals surface area (Å²) in [5.74, 6) is 0. The van der Waals surface area contributed by atoms with E-state index < -0.39 is 0 Å². The summed E-state index contributed by atoms with van der Waals surface area (Å²) in [7, 11) is 0. The molecule has 0 aliphatic heterocycles. The zero-order valence-corrected chi connectivity index (χ0v) is 11.9. The van der Waals surface area contributed by atoms with Gasteiger partial charge in [-0.3, -0.25) is 0 Å². The highest BCUT2D eigenvalue weighted by molar-refractivity contribution is 7.10. The van der Waals surface area contributed by atoms with E-state index in [9.17, 15) is 0 Å². The number of thiophene rings is 1. The number of hydrogen-bond donors (Lipinski definition) is 1. The van der Waals surface area contributed by atoms with Crippen LogP contribution in [-0.2, 0) is 6.42 Å². The van der Waals surface area contributed by atoms with E-state index in [1.165, 1.54) is 31.2 Å². The van der Waals surface area contributed by atoms with Gasteiger partial charge >= 0.3 is 0 Å². The van der Waals surface area contributed by atoms with Crippen LogP contribution in [0.1, 0.15) is 50.5 Å². The average Bonchev–Trinajstić information content (AvgIpc) is 2.56. The minimum atomic E-state index is 0.268. The summed E-state index contributed by atoms with van der Waals surface area (Å²) in [6, 6.07) is 2.22. The molecule has 1 aromatic heterocycles. The predicted octanol–water partition coefficient (Wildman–Crippen LogP) is 4.16. The Morgan fingerprint density at radius 1 is 1.19 bits per heavy atom. The molecule has 0 amide bonds. The van der Waals surface area contributed by atoms with Gasteiger partial charge in [-0.2, -0.15) is 0 Å². The molecule has 1 nitrogen and oxygen atoms in total. The lowest BCUT2D eigenvalue weighted by Crippen LogP contribution is -2.36. The summed E-state index contributed by atoms with van der Waals surface area (Å²) in [4.78, 5) is 1.57. The number of nitrogens with one attached hydrogen (secondary N) is 1. The van der Waals surface area contributed by atoms with Crippen LogP contribution in [0.5, 0.6) is 0 Å². The van der Waals surface area contributed by atoms with Crippen LogP contribution >= 0.6 is 11.3 Å². The van der Waals surface area contributed by atoms with Gasteiger partial charge in [-0.05, 0) is 70.5 Å². The van der Waals surface area contributed by atoms with Crippen molar-refractivity contribution >= 4 is 11.3 Å². The van der Waals surface area contributed by atoms with Crippen LogP contribution in [-0.4, -0.2) is 12.1 Å². The van der Waals surface area contributed by atoms with Crippen molar-refractivity contribution in [2.75, 3.05) is 6.54 Å². The Kier molecular flexibility index (Phi) is 5.50. The van der Waals surface area contributed by atoms with E-state index in [-0.39, 0.29) is 5.54 Å². The molecule has 0 radical (unpaired) electrons. The summed E-state index contributed by atoms with van der Waals surface area (Å²) in [5, 5.41) is 5.73. The fraction of sp³-hybridized carbons (Fsp3) is 0.714. The molecule has 0 spiro atoms. The van der Waals surface area contributed by atoms with Gasteiger partial charge in [-0.1, -0.05) is 6.42 Å². The lowest BCUT2D eigenvalue weighted by molar-refractivity contribution is 0.417. The van der Waals surface area contributed by atoms with E-state index in [0.717, 1.165) is 6.54 Å². The number of aryl methyl sites for hydroxylation is 2. The molecule has 1 rings (SSSR count). The first kappa shape index (κ1) is 13.7. The minimum Gasteiger partial charge on any atom is -0.312 e. The molecule has 1 heterocycles. The lowest BCUT2D eigenvalue weighted by atomic mass is 10.1. The molecule has 2 heteroatoms.